The van der Waals surface area contributed by atoms with Gasteiger partial charge in [-0.2, -0.15) is 5.10 Å². The molecule has 0 aliphatic carbocycles. The van der Waals surface area contributed by atoms with E-state index in [-0.39, 0.29) is 11.9 Å². The van der Waals surface area contributed by atoms with Crippen LogP contribution in [0.25, 0.3) is 0 Å². The van der Waals surface area contributed by atoms with Gasteiger partial charge in [0.2, 0.25) is 5.91 Å². The molecule has 1 atom stereocenters. The lowest BCUT2D eigenvalue weighted by atomic mass is 9.97. The number of ether oxygens (including phenoxy) is 3. The average Bonchev–Trinajstić information content (AvgIpc) is 3.14. The number of carbonyl (C=O) groups is 1. The summed E-state index contributed by atoms with van der Waals surface area (Å²) in [7, 11) is 3.22. The smallest absolute Gasteiger partial charge is 0.240 e. The van der Waals surface area contributed by atoms with Crippen LogP contribution in [0.15, 0.2) is 47.6 Å². The summed E-state index contributed by atoms with van der Waals surface area (Å²) in [6.45, 7) is 4.03. The minimum absolute atomic E-state index is 0.115. The highest BCUT2D eigenvalue weighted by Gasteiger charge is 2.33. The Hall–Kier alpha value is -3.02. The van der Waals surface area contributed by atoms with Crippen LogP contribution in [-0.4, -0.2) is 37.5 Å². The van der Waals surface area contributed by atoms with Crippen LogP contribution in [0.4, 0.5) is 0 Å². The Kier molecular flexibility index (Phi) is 5.64. The molecule has 2 aromatic rings. The van der Waals surface area contributed by atoms with Gasteiger partial charge in [0.1, 0.15) is 17.2 Å². The van der Waals surface area contributed by atoms with Crippen molar-refractivity contribution in [3.63, 3.8) is 0 Å². The zero-order valence-corrected chi connectivity index (χ0v) is 16.1. The van der Waals surface area contributed by atoms with Gasteiger partial charge in [-0.05, 0) is 25.1 Å². The van der Waals surface area contributed by atoms with Crippen LogP contribution in [0.5, 0.6) is 17.2 Å². The maximum absolute atomic E-state index is 12.3. The van der Waals surface area contributed by atoms with Crippen LogP contribution in [0, 0.1) is 0 Å². The number of para-hydroxylation sites is 1. The van der Waals surface area contributed by atoms with Crippen LogP contribution >= 0.6 is 0 Å². The van der Waals surface area contributed by atoms with E-state index < -0.39 is 0 Å². The second kappa shape index (κ2) is 8.12. The van der Waals surface area contributed by atoms with Gasteiger partial charge in [0.25, 0.3) is 0 Å². The van der Waals surface area contributed by atoms with Gasteiger partial charge < -0.3 is 14.2 Å². The topological polar surface area (TPSA) is 60.4 Å². The molecule has 1 amide bonds. The lowest BCUT2D eigenvalue weighted by Crippen LogP contribution is -2.24. The van der Waals surface area contributed by atoms with Crippen molar-refractivity contribution in [2.24, 2.45) is 5.10 Å². The van der Waals surface area contributed by atoms with Crippen LogP contribution < -0.4 is 14.2 Å². The number of hydrazone groups is 1. The standard InChI is InChI=1S/C21H24N2O4/c1-5-27-21-9-7-6-8-18(21)20-13-19(22-23(20)14(2)24)15-10-16(25-3)12-17(11-15)26-4/h6-12,20H,5,13H2,1-4H3/t20-/m1/s1. The molecular weight excluding hydrogens is 344 g/mol. The Balaban J connectivity index is 2.00. The van der Waals surface area contributed by atoms with Crippen molar-refractivity contribution < 1.29 is 19.0 Å². The first-order chi connectivity index (χ1) is 13.1. The van der Waals surface area contributed by atoms with Gasteiger partial charge in [-0.15, -0.1) is 0 Å². The van der Waals surface area contributed by atoms with E-state index in [4.69, 9.17) is 14.2 Å². The molecule has 0 spiro atoms. The van der Waals surface area contributed by atoms with Gasteiger partial charge in [0.15, 0.2) is 0 Å². The van der Waals surface area contributed by atoms with E-state index in [1.165, 1.54) is 11.9 Å². The summed E-state index contributed by atoms with van der Waals surface area (Å²) in [5, 5.41) is 6.13. The van der Waals surface area contributed by atoms with Gasteiger partial charge >= 0.3 is 0 Å². The summed E-state index contributed by atoms with van der Waals surface area (Å²) >= 11 is 0. The predicted octanol–water partition coefficient (Wildman–Crippen LogP) is 3.80. The summed E-state index contributed by atoms with van der Waals surface area (Å²) in [6, 6.07) is 13.2. The molecule has 0 fully saturated rings. The second-order valence-corrected chi connectivity index (χ2v) is 6.20. The summed E-state index contributed by atoms with van der Waals surface area (Å²) in [6.07, 6.45) is 0.583. The molecule has 0 saturated carbocycles. The Morgan fingerprint density at radius 1 is 1.15 bits per heavy atom. The molecule has 0 bridgehead atoms. The maximum atomic E-state index is 12.3. The first-order valence-electron chi connectivity index (χ1n) is 8.89. The highest BCUT2D eigenvalue weighted by Crippen LogP contribution is 2.38. The predicted molar refractivity (Wildman–Crippen MR) is 104 cm³/mol. The van der Waals surface area contributed by atoms with Crippen LogP contribution in [0.3, 0.4) is 0 Å². The number of benzene rings is 2. The van der Waals surface area contributed by atoms with E-state index in [0.29, 0.717) is 24.5 Å². The first-order valence-corrected chi connectivity index (χ1v) is 8.89. The van der Waals surface area contributed by atoms with Crippen LogP contribution in [0.1, 0.15) is 37.4 Å². The highest BCUT2D eigenvalue weighted by molar-refractivity contribution is 6.03. The molecule has 27 heavy (non-hydrogen) atoms. The van der Waals surface area contributed by atoms with Crippen molar-refractivity contribution in [2.75, 3.05) is 20.8 Å². The normalized spacial score (nSPS) is 16.1. The summed E-state index contributed by atoms with van der Waals surface area (Å²) < 4.78 is 16.5. The van der Waals surface area contributed by atoms with Crippen molar-refractivity contribution >= 4 is 11.6 Å². The van der Waals surface area contributed by atoms with Crippen LogP contribution in [-0.2, 0) is 4.79 Å². The third-order valence-electron chi connectivity index (χ3n) is 4.50. The Morgan fingerprint density at radius 2 is 1.81 bits per heavy atom. The van der Waals surface area contributed by atoms with E-state index in [2.05, 4.69) is 5.10 Å². The van der Waals surface area contributed by atoms with Crippen molar-refractivity contribution in [3.05, 3.63) is 53.6 Å². The number of hydrogen-bond acceptors (Lipinski definition) is 5. The lowest BCUT2D eigenvalue weighted by Gasteiger charge is -2.22. The second-order valence-electron chi connectivity index (χ2n) is 6.20. The highest BCUT2D eigenvalue weighted by atomic mass is 16.5. The lowest BCUT2D eigenvalue weighted by molar-refractivity contribution is -0.130. The van der Waals surface area contributed by atoms with Gasteiger partial charge in [-0.3, -0.25) is 4.79 Å². The number of carbonyl (C=O) groups excluding carboxylic acids is 1. The summed E-state index contributed by atoms with van der Waals surface area (Å²) in [5.74, 6) is 2.02. The Morgan fingerprint density at radius 3 is 2.41 bits per heavy atom. The number of rotatable bonds is 6. The quantitative estimate of drug-likeness (QED) is 0.778. The maximum Gasteiger partial charge on any atom is 0.240 e. The molecule has 0 saturated heterocycles. The molecule has 2 aromatic carbocycles. The van der Waals surface area contributed by atoms with Gasteiger partial charge in [0.05, 0.1) is 32.6 Å². The van der Waals surface area contributed by atoms with E-state index in [1.807, 2.05) is 49.4 Å². The molecule has 1 aliphatic rings. The number of nitrogens with zero attached hydrogens (tertiary/aromatic N) is 2. The molecular formula is C21H24N2O4. The van der Waals surface area contributed by atoms with Crippen molar-refractivity contribution in [1.82, 2.24) is 5.01 Å². The zero-order valence-electron chi connectivity index (χ0n) is 16.1. The Bertz CT molecular complexity index is 841. The number of hydrogen-bond donors (Lipinski definition) is 0. The molecule has 1 aliphatic heterocycles. The third-order valence-corrected chi connectivity index (χ3v) is 4.50. The fourth-order valence-electron chi connectivity index (χ4n) is 3.23. The average molecular weight is 368 g/mol. The SMILES string of the molecule is CCOc1ccccc1[C@H]1CC(c2cc(OC)cc(OC)c2)=NN1C(C)=O. The molecule has 0 N–H and O–H groups in total. The van der Waals surface area contributed by atoms with Crippen LogP contribution in [0.2, 0.25) is 0 Å². The monoisotopic (exact) mass is 368 g/mol. The van der Waals surface area contributed by atoms with E-state index in [0.717, 1.165) is 22.6 Å². The minimum atomic E-state index is -0.211. The number of methoxy groups -OCH3 is 2. The molecule has 0 radical (unpaired) electrons. The van der Waals surface area contributed by atoms with E-state index in [1.54, 1.807) is 14.2 Å². The van der Waals surface area contributed by atoms with E-state index >= 15 is 0 Å². The molecule has 6 nitrogen and oxygen atoms in total. The molecule has 3 rings (SSSR count). The van der Waals surface area contributed by atoms with Gasteiger partial charge in [-0.1, -0.05) is 18.2 Å². The minimum Gasteiger partial charge on any atom is -0.497 e. The summed E-state index contributed by atoms with van der Waals surface area (Å²) in [4.78, 5) is 12.3. The largest absolute Gasteiger partial charge is 0.497 e. The Labute approximate surface area is 159 Å². The molecule has 6 heteroatoms. The van der Waals surface area contributed by atoms with Crippen molar-refractivity contribution in [1.29, 1.82) is 0 Å². The molecule has 1 heterocycles. The fourth-order valence-corrected chi connectivity index (χ4v) is 3.23. The number of amides is 1. The fraction of sp³-hybridized carbons (Fsp3) is 0.333. The summed E-state index contributed by atoms with van der Waals surface area (Å²) in [5.41, 5.74) is 2.62. The zero-order chi connectivity index (χ0) is 19.4. The molecule has 0 aromatic heterocycles. The van der Waals surface area contributed by atoms with Gasteiger partial charge in [0, 0.05) is 30.5 Å². The molecule has 0 unspecified atom stereocenters. The van der Waals surface area contributed by atoms with E-state index in [9.17, 15) is 4.79 Å². The molecule has 142 valence electrons. The third kappa shape index (κ3) is 3.89. The van der Waals surface area contributed by atoms with Crippen molar-refractivity contribution in [3.8, 4) is 17.2 Å². The van der Waals surface area contributed by atoms with Gasteiger partial charge in [-0.25, -0.2) is 5.01 Å². The first kappa shape index (κ1) is 18.8. The van der Waals surface area contributed by atoms with Crippen molar-refractivity contribution in [2.45, 2.75) is 26.3 Å².